The Morgan fingerprint density at radius 2 is 1.73 bits per heavy atom. The molecule has 0 bridgehead atoms. The minimum absolute atomic E-state index is 0.772. The van der Waals surface area contributed by atoms with Gasteiger partial charge >= 0.3 is 11.9 Å². The summed E-state index contributed by atoms with van der Waals surface area (Å²) < 4.78 is 10.8. The number of carboxylic acids is 2. The molecular weight excluding hydrogens is 338 g/mol. The van der Waals surface area contributed by atoms with E-state index in [9.17, 15) is 0 Å². The maximum atomic E-state index is 9.10. The van der Waals surface area contributed by atoms with E-state index in [1.807, 2.05) is 24.3 Å². The van der Waals surface area contributed by atoms with Gasteiger partial charge < -0.3 is 25.0 Å². The number of aliphatic carboxylic acids is 2. The molecule has 26 heavy (non-hydrogen) atoms. The standard InChI is InChI=1S/C17H27NO2.C2H2O4/c1-3-9-16-10-4-5-11-17(16)20-15-7-6-12-18-13-8-14-19-2;3-1(4)2(5)6/h3-5,10-11,18H,1,6-9,12-15H2,2H3;(H,3,4)(H,5,6). The van der Waals surface area contributed by atoms with Crippen molar-refractivity contribution in [3.8, 4) is 5.75 Å². The third-order valence-electron chi connectivity index (χ3n) is 3.23. The number of allylic oxidation sites excluding steroid dienone is 1. The number of hydrogen-bond donors (Lipinski definition) is 3. The van der Waals surface area contributed by atoms with E-state index < -0.39 is 11.9 Å². The van der Waals surface area contributed by atoms with Crippen molar-refractivity contribution < 1.29 is 29.3 Å². The van der Waals surface area contributed by atoms with Crippen LogP contribution in [0.3, 0.4) is 0 Å². The average molecular weight is 367 g/mol. The first kappa shape index (κ1) is 23.6. The number of unbranched alkanes of at least 4 members (excludes halogenated alkanes) is 1. The van der Waals surface area contributed by atoms with Crippen LogP contribution in [0.5, 0.6) is 5.75 Å². The summed E-state index contributed by atoms with van der Waals surface area (Å²) in [6, 6.07) is 8.17. The number of hydrogen-bond acceptors (Lipinski definition) is 5. The number of rotatable bonds is 12. The summed E-state index contributed by atoms with van der Waals surface area (Å²) in [7, 11) is 1.74. The van der Waals surface area contributed by atoms with Crippen molar-refractivity contribution in [2.24, 2.45) is 0 Å². The molecule has 0 aliphatic carbocycles. The molecule has 0 aliphatic heterocycles. The topological polar surface area (TPSA) is 105 Å². The van der Waals surface area contributed by atoms with Gasteiger partial charge in [0.25, 0.3) is 0 Å². The summed E-state index contributed by atoms with van der Waals surface area (Å²) in [6.45, 7) is 7.44. The first-order valence-corrected chi connectivity index (χ1v) is 8.50. The summed E-state index contributed by atoms with van der Waals surface area (Å²) in [5, 5.41) is 18.2. The van der Waals surface area contributed by atoms with Crippen LogP contribution in [0, 0.1) is 0 Å². The lowest BCUT2D eigenvalue weighted by molar-refractivity contribution is -0.159. The maximum Gasteiger partial charge on any atom is 0.414 e. The molecule has 7 nitrogen and oxygen atoms in total. The zero-order valence-corrected chi connectivity index (χ0v) is 15.3. The van der Waals surface area contributed by atoms with Gasteiger partial charge in [-0.3, -0.25) is 0 Å². The Hall–Kier alpha value is -2.38. The van der Waals surface area contributed by atoms with Gasteiger partial charge in [-0.05, 0) is 50.4 Å². The highest BCUT2D eigenvalue weighted by Crippen LogP contribution is 2.18. The number of ether oxygens (including phenoxy) is 2. The number of para-hydroxylation sites is 1. The molecule has 1 aromatic carbocycles. The van der Waals surface area contributed by atoms with Crippen molar-refractivity contribution in [1.82, 2.24) is 5.32 Å². The van der Waals surface area contributed by atoms with Gasteiger partial charge in [-0.2, -0.15) is 0 Å². The minimum atomic E-state index is -1.82. The van der Waals surface area contributed by atoms with Gasteiger partial charge in [0.15, 0.2) is 0 Å². The number of methoxy groups -OCH3 is 1. The van der Waals surface area contributed by atoms with E-state index >= 15 is 0 Å². The Morgan fingerprint density at radius 1 is 1.08 bits per heavy atom. The average Bonchev–Trinajstić information content (AvgIpc) is 2.62. The van der Waals surface area contributed by atoms with E-state index in [4.69, 9.17) is 29.3 Å². The molecule has 3 N–H and O–H groups in total. The molecule has 0 saturated carbocycles. The molecule has 0 radical (unpaired) electrons. The monoisotopic (exact) mass is 367 g/mol. The minimum Gasteiger partial charge on any atom is -0.493 e. The Labute approximate surface area is 154 Å². The van der Waals surface area contributed by atoms with Gasteiger partial charge in [0, 0.05) is 13.7 Å². The fraction of sp³-hybridized carbons (Fsp3) is 0.474. The molecule has 1 aromatic rings. The highest BCUT2D eigenvalue weighted by molar-refractivity contribution is 6.27. The summed E-state index contributed by atoms with van der Waals surface area (Å²) in [5.41, 5.74) is 1.21. The van der Waals surface area contributed by atoms with Crippen LogP contribution >= 0.6 is 0 Å². The van der Waals surface area contributed by atoms with Crippen LogP contribution in [0.1, 0.15) is 24.8 Å². The zero-order chi connectivity index (χ0) is 19.6. The first-order chi connectivity index (χ1) is 12.5. The number of carbonyl (C=O) groups is 2. The molecule has 0 amide bonds. The zero-order valence-electron chi connectivity index (χ0n) is 15.3. The van der Waals surface area contributed by atoms with Crippen molar-refractivity contribution >= 4 is 11.9 Å². The molecule has 0 spiro atoms. The van der Waals surface area contributed by atoms with Gasteiger partial charge in [0.2, 0.25) is 0 Å². The van der Waals surface area contributed by atoms with Gasteiger partial charge in [-0.1, -0.05) is 24.3 Å². The molecule has 146 valence electrons. The van der Waals surface area contributed by atoms with Crippen LogP contribution < -0.4 is 10.1 Å². The molecule has 0 heterocycles. The van der Waals surface area contributed by atoms with Gasteiger partial charge in [-0.15, -0.1) is 6.58 Å². The second kappa shape index (κ2) is 16.1. The van der Waals surface area contributed by atoms with Crippen molar-refractivity contribution in [1.29, 1.82) is 0 Å². The van der Waals surface area contributed by atoms with Crippen molar-refractivity contribution in [2.45, 2.75) is 25.7 Å². The van der Waals surface area contributed by atoms with Crippen LogP contribution in [-0.2, 0) is 20.7 Å². The van der Waals surface area contributed by atoms with E-state index in [2.05, 4.69) is 18.0 Å². The summed E-state index contributed by atoms with van der Waals surface area (Å²) in [4.78, 5) is 18.2. The molecule has 0 saturated heterocycles. The van der Waals surface area contributed by atoms with E-state index in [0.29, 0.717) is 0 Å². The van der Waals surface area contributed by atoms with Crippen LogP contribution in [-0.4, -0.2) is 55.6 Å². The largest absolute Gasteiger partial charge is 0.493 e. The lowest BCUT2D eigenvalue weighted by atomic mass is 10.1. The highest BCUT2D eigenvalue weighted by atomic mass is 16.5. The van der Waals surface area contributed by atoms with Gasteiger partial charge in [-0.25, -0.2) is 9.59 Å². The quantitative estimate of drug-likeness (QED) is 0.296. The highest BCUT2D eigenvalue weighted by Gasteiger charge is 2.04. The Morgan fingerprint density at radius 3 is 2.35 bits per heavy atom. The number of benzene rings is 1. The molecule has 1 rings (SSSR count). The van der Waals surface area contributed by atoms with Gasteiger partial charge in [0.1, 0.15) is 5.75 Å². The fourth-order valence-corrected chi connectivity index (χ4v) is 1.97. The maximum absolute atomic E-state index is 9.10. The summed E-state index contributed by atoms with van der Waals surface area (Å²) in [5.74, 6) is -2.66. The third-order valence-corrected chi connectivity index (χ3v) is 3.23. The van der Waals surface area contributed by atoms with Gasteiger partial charge in [0.05, 0.1) is 6.61 Å². The van der Waals surface area contributed by atoms with Crippen LogP contribution in [0.25, 0.3) is 0 Å². The van der Waals surface area contributed by atoms with Crippen molar-refractivity contribution in [3.05, 3.63) is 42.5 Å². The molecule has 0 aromatic heterocycles. The van der Waals surface area contributed by atoms with E-state index in [1.165, 1.54) is 5.56 Å². The predicted octanol–water partition coefficient (Wildman–Crippen LogP) is 2.36. The molecule has 7 heteroatoms. The second-order valence-electron chi connectivity index (χ2n) is 5.36. The second-order valence-corrected chi connectivity index (χ2v) is 5.36. The Kier molecular flexibility index (Phi) is 14.6. The summed E-state index contributed by atoms with van der Waals surface area (Å²) >= 11 is 0. The SMILES string of the molecule is C=CCc1ccccc1OCCCCNCCCOC.O=C(O)C(=O)O. The Balaban J connectivity index is 0.000000896. The number of carboxylic acid groups (broad SMARTS) is 2. The van der Waals surface area contributed by atoms with Crippen molar-refractivity contribution in [2.75, 3.05) is 33.4 Å². The summed E-state index contributed by atoms with van der Waals surface area (Å²) in [6.07, 6.45) is 6.04. The lowest BCUT2D eigenvalue weighted by Gasteiger charge is -2.10. The first-order valence-electron chi connectivity index (χ1n) is 8.50. The van der Waals surface area contributed by atoms with Crippen molar-refractivity contribution in [3.63, 3.8) is 0 Å². The lowest BCUT2D eigenvalue weighted by Crippen LogP contribution is -2.18. The van der Waals surface area contributed by atoms with Crippen LogP contribution in [0.2, 0.25) is 0 Å². The smallest absolute Gasteiger partial charge is 0.414 e. The molecule has 0 unspecified atom stereocenters. The molecule has 0 atom stereocenters. The predicted molar refractivity (Wildman–Crippen MR) is 99.7 cm³/mol. The molecule has 0 aliphatic rings. The third kappa shape index (κ3) is 13.0. The van der Waals surface area contributed by atoms with E-state index in [0.717, 1.165) is 57.7 Å². The van der Waals surface area contributed by atoms with Crippen LogP contribution in [0.4, 0.5) is 0 Å². The van der Waals surface area contributed by atoms with E-state index in [-0.39, 0.29) is 0 Å². The normalized spacial score (nSPS) is 9.73. The fourth-order valence-electron chi connectivity index (χ4n) is 1.97. The molecule has 0 fully saturated rings. The van der Waals surface area contributed by atoms with Crippen LogP contribution in [0.15, 0.2) is 36.9 Å². The number of nitrogens with one attached hydrogen (secondary N) is 1. The van der Waals surface area contributed by atoms with E-state index in [1.54, 1.807) is 7.11 Å². The molecular formula is C19H29NO6. The Bertz CT molecular complexity index is 521.